The van der Waals surface area contributed by atoms with E-state index in [1.54, 1.807) is 7.11 Å². The van der Waals surface area contributed by atoms with Crippen LogP contribution in [0.5, 0.6) is 5.75 Å². The number of hydrogen-bond acceptors (Lipinski definition) is 3. The van der Waals surface area contributed by atoms with Crippen molar-refractivity contribution in [2.75, 3.05) is 13.7 Å². The van der Waals surface area contributed by atoms with Crippen molar-refractivity contribution in [1.29, 1.82) is 0 Å². The maximum absolute atomic E-state index is 12.1. The van der Waals surface area contributed by atoms with Gasteiger partial charge in [-0.1, -0.05) is 42.5 Å². The summed E-state index contributed by atoms with van der Waals surface area (Å²) in [6.45, 7) is 0.624. The molecule has 0 bridgehead atoms. The van der Waals surface area contributed by atoms with Gasteiger partial charge in [-0.3, -0.25) is 0 Å². The molecule has 0 saturated heterocycles. The fourth-order valence-corrected chi connectivity index (χ4v) is 2.97. The first-order chi connectivity index (χ1) is 12.1. The minimum Gasteiger partial charge on any atom is -0.497 e. The Morgan fingerprint density at radius 1 is 1.12 bits per heavy atom. The van der Waals surface area contributed by atoms with Crippen LogP contribution >= 0.6 is 0 Å². The van der Waals surface area contributed by atoms with Crippen LogP contribution in [0.4, 0.5) is 4.79 Å². The van der Waals surface area contributed by atoms with Crippen LogP contribution in [-0.4, -0.2) is 24.8 Å². The second-order valence-electron chi connectivity index (χ2n) is 6.45. The SMILES string of the molecule is COc1ccc(CNC(=O)NC[C@](O)(c2ccccc2)C2CC2)cc1. The molecule has 0 unspecified atom stereocenters. The number of methoxy groups -OCH3 is 1. The zero-order chi connectivity index (χ0) is 17.7. The molecule has 0 heterocycles. The molecule has 1 saturated carbocycles. The summed E-state index contributed by atoms with van der Waals surface area (Å²) in [5.41, 5.74) is 0.836. The molecule has 0 aliphatic heterocycles. The number of carbonyl (C=O) groups excluding carboxylic acids is 1. The largest absolute Gasteiger partial charge is 0.497 e. The van der Waals surface area contributed by atoms with Gasteiger partial charge in [0.25, 0.3) is 0 Å². The molecule has 3 N–H and O–H groups in total. The van der Waals surface area contributed by atoms with E-state index in [9.17, 15) is 9.90 Å². The average molecular weight is 340 g/mol. The highest BCUT2D eigenvalue weighted by Gasteiger charge is 2.45. The Morgan fingerprint density at radius 3 is 2.40 bits per heavy atom. The van der Waals surface area contributed by atoms with Crippen molar-refractivity contribution in [1.82, 2.24) is 10.6 Å². The number of aliphatic hydroxyl groups is 1. The summed E-state index contributed by atoms with van der Waals surface area (Å²) in [5, 5.41) is 16.7. The topological polar surface area (TPSA) is 70.6 Å². The molecule has 1 atom stereocenters. The Labute approximate surface area is 148 Å². The molecule has 2 amide bonds. The number of amides is 2. The van der Waals surface area contributed by atoms with Crippen LogP contribution in [0.3, 0.4) is 0 Å². The molecule has 2 aromatic rings. The van der Waals surface area contributed by atoms with Crippen LogP contribution < -0.4 is 15.4 Å². The number of urea groups is 1. The van der Waals surface area contributed by atoms with Gasteiger partial charge < -0.3 is 20.5 Å². The minimum atomic E-state index is -1.00. The summed E-state index contributed by atoms with van der Waals surface area (Å²) in [6, 6.07) is 16.8. The van der Waals surface area contributed by atoms with Gasteiger partial charge in [-0.25, -0.2) is 4.79 Å². The number of ether oxygens (including phenoxy) is 1. The normalized spacial score (nSPS) is 15.9. The smallest absolute Gasteiger partial charge is 0.315 e. The van der Waals surface area contributed by atoms with Gasteiger partial charge in [0.15, 0.2) is 0 Å². The van der Waals surface area contributed by atoms with Gasteiger partial charge in [0.2, 0.25) is 0 Å². The van der Waals surface area contributed by atoms with Crippen molar-refractivity contribution < 1.29 is 14.6 Å². The van der Waals surface area contributed by atoms with Crippen molar-refractivity contribution in [3.05, 3.63) is 65.7 Å². The summed E-state index contributed by atoms with van der Waals surface area (Å²) in [5.74, 6) is 0.988. The molecule has 132 valence electrons. The van der Waals surface area contributed by atoms with Crippen molar-refractivity contribution in [3.8, 4) is 5.75 Å². The van der Waals surface area contributed by atoms with Crippen molar-refractivity contribution in [2.45, 2.75) is 25.0 Å². The number of benzene rings is 2. The summed E-state index contributed by atoms with van der Waals surface area (Å²) < 4.78 is 5.11. The maximum atomic E-state index is 12.1. The van der Waals surface area contributed by atoms with Gasteiger partial charge in [-0.15, -0.1) is 0 Å². The highest BCUT2D eigenvalue weighted by Crippen LogP contribution is 2.45. The first kappa shape index (κ1) is 17.3. The monoisotopic (exact) mass is 340 g/mol. The zero-order valence-electron chi connectivity index (χ0n) is 14.4. The molecule has 2 aromatic carbocycles. The van der Waals surface area contributed by atoms with E-state index in [2.05, 4.69) is 10.6 Å². The van der Waals surface area contributed by atoms with Crippen molar-refractivity contribution in [2.24, 2.45) is 5.92 Å². The van der Waals surface area contributed by atoms with E-state index in [0.29, 0.717) is 6.54 Å². The van der Waals surface area contributed by atoms with E-state index in [-0.39, 0.29) is 18.5 Å². The van der Waals surface area contributed by atoms with Gasteiger partial charge in [0.05, 0.1) is 13.7 Å². The van der Waals surface area contributed by atoms with Crippen LogP contribution in [0.15, 0.2) is 54.6 Å². The number of hydrogen-bond donors (Lipinski definition) is 3. The number of carbonyl (C=O) groups is 1. The van der Waals surface area contributed by atoms with E-state index >= 15 is 0 Å². The molecular formula is C20H24N2O3. The van der Waals surface area contributed by atoms with Gasteiger partial charge in [-0.05, 0) is 42.0 Å². The zero-order valence-corrected chi connectivity index (χ0v) is 14.4. The standard InChI is InChI=1S/C20H24N2O3/c1-25-18-11-7-15(8-12-18)13-21-19(23)22-14-20(24,17-9-10-17)16-5-3-2-4-6-16/h2-8,11-12,17,24H,9-10,13-14H2,1H3,(H2,21,22,23)/t20-/m0/s1. The van der Waals surface area contributed by atoms with Crippen molar-refractivity contribution >= 4 is 6.03 Å². The van der Waals surface area contributed by atoms with E-state index < -0.39 is 5.60 Å². The number of rotatable bonds is 7. The third kappa shape index (κ3) is 4.31. The van der Waals surface area contributed by atoms with Crippen LogP contribution in [-0.2, 0) is 12.1 Å². The molecule has 0 radical (unpaired) electrons. The molecule has 5 heteroatoms. The lowest BCUT2D eigenvalue weighted by molar-refractivity contribution is 0.0159. The van der Waals surface area contributed by atoms with Gasteiger partial charge >= 0.3 is 6.03 Å². The summed E-state index contributed by atoms with van der Waals surface area (Å²) in [4.78, 5) is 12.1. The average Bonchev–Trinajstić information content (AvgIpc) is 3.51. The van der Waals surface area contributed by atoms with Crippen molar-refractivity contribution in [3.63, 3.8) is 0 Å². The van der Waals surface area contributed by atoms with Crippen LogP contribution in [0.2, 0.25) is 0 Å². The van der Waals surface area contributed by atoms with E-state index in [1.807, 2.05) is 54.6 Å². The highest BCUT2D eigenvalue weighted by atomic mass is 16.5. The lowest BCUT2D eigenvalue weighted by atomic mass is 9.89. The predicted molar refractivity (Wildman–Crippen MR) is 96.3 cm³/mol. The quantitative estimate of drug-likeness (QED) is 0.726. The van der Waals surface area contributed by atoms with Gasteiger partial charge in [0, 0.05) is 6.54 Å². The Balaban J connectivity index is 1.53. The Bertz CT molecular complexity index is 699. The Morgan fingerprint density at radius 2 is 1.80 bits per heavy atom. The van der Waals surface area contributed by atoms with E-state index in [1.165, 1.54) is 0 Å². The molecule has 1 aliphatic rings. The fourth-order valence-electron chi connectivity index (χ4n) is 2.97. The minimum absolute atomic E-state index is 0.204. The van der Waals surface area contributed by atoms with Crippen LogP contribution in [0.25, 0.3) is 0 Å². The van der Waals surface area contributed by atoms with Crippen LogP contribution in [0.1, 0.15) is 24.0 Å². The molecule has 0 spiro atoms. The first-order valence-corrected chi connectivity index (χ1v) is 8.54. The Kier molecular flexibility index (Phi) is 5.24. The van der Waals surface area contributed by atoms with E-state index in [0.717, 1.165) is 29.7 Å². The molecule has 1 aliphatic carbocycles. The fraction of sp³-hybridized carbons (Fsp3) is 0.350. The second kappa shape index (κ2) is 7.57. The first-order valence-electron chi connectivity index (χ1n) is 8.54. The summed E-state index contributed by atoms with van der Waals surface area (Å²) in [6.07, 6.45) is 1.97. The van der Waals surface area contributed by atoms with Gasteiger partial charge in [-0.2, -0.15) is 0 Å². The third-order valence-corrected chi connectivity index (χ3v) is 4.66. The lowest BCUT2D eigenvalue weighted by Crippen LogP contribution is -2.45. The van der Waals surface area contributed by atoms with Gasteiger partial charge in [0.1, 0.15) is 11.4 Å². The van der Waals surface area contributed by atoms with Crippen LogP contribution in [0, 0.1) is 5.92 Å². The predicted octanol–water partition coefficient (Wildman–Crippen LogP) is 2.79. The molecule has 1 fully saturated rings. The molecule has 25 heavy (non-hydrogen) atoms. The van der Waals surface area contributed by atoms with E-state index in [4.69, 9.17) is 4.74 Å². The lowest BCUT2D eigenvalue weighted by Gasteiger charge is -2.29. The third-order valence-electron chi connectivity index (χ3n) is 4.66. The second-order valence-corrected chi connectivity index (χ2v) is 6.45. The maximum Gasteiger partial charge on any atom is 0.315 e. The number of nitrogens with one attached hydrogen (secondary N) is 2. The molecule has 3 rings (SSSR count). The summed E-state index contributed by atoms with van der Waals surface area (Å²) >= 11 is 0. The highest BCUT2D eigenvalue weighted by molar-refractivity contribution is 5.74. The Hall–Kier alpha value is -2.53. The molecule has 0 aromatic heterocycles. The summed E-state index contributed by atoms with van der Waals surface area (Å²) in [7, 11) is 1.62. The molecule has 5 nitrogen and oxygen atoms in total. The molecular weight excluding hydrogens is 316 g/mol.